The summed E-state index contributed by atoms with van der Waals surface area (Å²) in [6.45, 7) is 4.43. The Hall–Kier alpha value is -3.13. The second-order valence-electron chi connectivity index (χ2n) is 6.38. The Bertz CT molecular complexity index is 1020. The summed E-state index contributed by atoms with van der Waals surface area (Å²) in [4.78, 5) is 23.5. The number of hydrogen-bond donors (Lipinski definition) is 2. The Morgan fingerprint density at radius 3 is 2.71 bits per heavy atom. The maximum absolute atomic E-state index is 12.4. The molecule has 0 aliphatic rings. The predicted molar refractivity (Wildman–Crippen MR) is 105 cm³/mol. The van der Waals surface area contributed by atoms with Gasteiger partial charge in [0, 0.05) is 17.6 Å². The highest BCUT2D eigenvalue weighted by Crippen LogP contribution is 2.21. The molecule has 146 valence electrons. The Kier molecular flexibility index (Phi) is 5.79. The third kappa shape index (κ3) is 4.40. The number of carboxylic acid groups (broad SMARTS) is 1. The largest absolute Gasteiger partial charge is 0.477 e. The summed E-state index contributed by atoms with van der Waals surface area (Å²) in [5.41, 5.74) is 3.26. The number of aromatic carboxylic acids is 1. The normalized spacial score (nSPS) is 10.8. The third-order valence-corrected chi connectivity index (χ3v) is 4.59. The average Bonchev–Trinajstić information content (AvgIpc) is 3.21. The van der Waals surface area contributed by atoms with E-state index < -0.39 is 5.97 Å². The zero-order valence-electron chi connectivity index (χ0n) is 15.5. The smallest absolute Gasteiger partial charge is 0.354 e. The van der Waals surface area contributed by atoms with Crippen LogP contribution in [0.2, 0.25) is 5.02 Å². The predicted octanol–water partition coefficient (Wildman–Crippen LogP) is 3.13. The van der Waals surface area contributed by atoms with Crippen molar-refractivity contribution in [2.75, 3.05) is 5.32 Å². The van der Waals surface area contributed by atoms with Crippen molar-refractivity contribution in [3.8, 4) is 0 Å². The van der Waals surface area contributed by atoms with Gasteiger partial charge in [0.1, 0.15) is 5.69 Å². The van der Waals surface area contributed by atoms with E-state index in [2.05, 4.69) is 15.5 Å². The monoisotopic (exact) mass is 401 g/mol. The summed E-state index contributed by atoms with van der Waals surface area (Å²) in [7, 11) is 0. The molecule has 0 unspecified atom stereocenters. The van der Waals surface area contributed by atoms with Gasteiger partial charge in [-0.15, -0.1) is 0 Å². The van der Waals surface area contributed by atoms with Crippen molar-refractivity contribution in [2.45, 2.75) is 33.4 Å². The number of nitrogens with zero attached hydrogens (tertiary/aromatic N) is 4. The van der Waals surface area contributed by atoms with Gasteiger partial charge in [-0.2, -0.15) is 10.2 Å². The van der Waals surface area contributed by atoms with Crippen LogP contribution >= 0.6 is 11.6 Å². The lowest BCUT2D eigenvalue weighted by Crippen LogP contribution is -2.18. The van der Waals surface area contributed by atoms with E-state index in [-0.39, 0.29) is 24.6 Å². The van der Waals surface area contributed by atoms with Crippen LogP contribution in [0.15, 0.2) is 36.5 Å². The molecule has 0 bridgehead atoms. The fourth-order valence-electron chi connectivity index (χ4n) is 2.94. The van der Waals surface area contributed by atoms with E-state index in [1.165, 1.54) is 16.9 Å². The van der Waals surface area contributed by atoms with Gasteiger partial charge in [0.2, 0.25) is 5.91 Å². The van der Waals surface area contributed by atoms with Crippen LogP contribution in [0, 0.1) is 13.8 Å². The zero-order valence-corrected chi connectivity index (χ0v) is 16.3. The first-order valence-electron chi connectivity index (χ1n) is 8.68. The minimum absolute atomic E-state index is 0.0505. The molecule has 3 rings (SSSR count). The number of aromatic nitrogens is 4. The van der Waals surface area contributed by atoms with Gasteiger partial charge in [-0.05, 0) is 37.6 Å². The Labute approximate surface area is 166 Å². The summed E-state index contributed by atoms with van der Waals surface area (Å²) in [6, 6.07) is 8.93. The number of carbonyl (C=O) groups is 2. The molecule has 0 aliphatic carbocycles. The van der Waals surface area contributed by atoms with Crippen molar-refractivity contribution in [1.82, 2.24) is 19.6 Å². The summed E-state index contributed by atoms with van der Waals surface area (Å²) >= 11 is 6.03. The van der Waals surface area contributed by atoms with Crippen molar-refractivity contribution in [1.29, 1.82) is 0 Å². The van der Waals surface area contributed by atoms with Crippen LogP contribution in [-0.2, 0) is 17.9 Å². The minimum atomic E-state index is -1.08. The summed E-state index contributed by atoms with van der Waals surface area (Å²) in [5.74, 6) is -1.31. The summed E-state index contributed by atoms with van der Waals surface area (Å²) in [6.07, 6.45) is 1.50. The number of carbonyl (C=O) groups excluding carboxylic acids is 1. The molecule has 2 heterocycles. The molecule has 0 saturated heterocycles. The van der Waals surface area contributed by atoms with Gasteiger partial charge in [-0.25, -0.2) is 4.79 Å². The average molecular weight is 402 g/mol. The number of halogens is 1. The second-order valence-corrected chi connectivity index (χ2v) is 6.81. The highest BCUT2D eigenvalue weighted by atomic mass is 35.5. The molecule has 1 amide bonds. The molecule has 28 heavy (non-hydrogen) atoms. The van der Waals surface area contributed by atoms with E-state index in [9.17, 15) is 9.59 Å². The zero-order chi connectivity index (χ0) is 20.3. The van der Waals surface area contributed by atoms with Gasteiger partial charge in [0.15, 0.2) is 0 Å². The van der Waals surface area contributed by atoms with Gasteiger partial charge in [-0.3, -0.25) is 14.2 Å². The van der Waals surface area contributed by atoms with Gasteiger partial charge in [0.05, 0.1) is 30.2 Å². The molecule has 0 spiro atoms. The standard InChI is InChI=1S/C19H20ClN5O3/c1-12-18(13(2)25(23-12)11-14-4-3-5-15(20)10-14)22-17(26)7-9-24-16(19(27)28)6-8-21-24/h3-6,8,10H,7,9,11H2,1-2H3,(H,22,26)(H,27,28). The Morgan fingerprint density at radius 2 is 2.00 bits per heavy atom. The van der Waals surface area contributed by atoms with E-state index in [0.29, 0.717) is 22.9 Å². The first-order valence-corrected chi connectivity index (χ1v) is 9.06. The highest BCUT2D eigenvalue weighted by Gasteiger charge is 2.16. The number of nitrogens with one attached hydrogen (secondary N) is 1. The van der Waals surface area contributed by atoms with Crippen molar-refractivity contribution < 1.29 is 14.7 Å². The molecule has 9 heteroatoms. The van der Waals surface area contributed by atoms with E-state index >= 15 is 0 Å². The molecule has 1 aromatic carbocycles. The fraction of sp³-hybridized carbons (Fsp3) is 0.263. The number of benzene rings is 1. The maximum Gasteiger partial charge on any atom is 0.354 e. The lowest BCUT2D eigenvalue weighted by Gasteiger charge is -2.08. The van der Waals surface area contributed by atoms with Gasteiger partial charge in [0.25, 0.3) is 0 Å². The van der Waals surface area contributed by atoms with E-state index in [4.69, 9.17) is 16.7 Å². The van der Waals surface area contributed by atoms with Crippen LogP contribution in [-0.4, -0.2) is 36.5 Å². The molecular formula is C19H20ClN5O3. The van der Waals surface area contributed by atoms with Crippen molar-refractivity contribution >= 4 is 29.2 Å². The Balaban J connectivity index is 1.67. The van der Waals surface area contributed by atoms with Crippen LogP contribution in [0.3, 0.4) is 0 Å². The molecule has 0 saturated carbocycles. The molecule has 2 aromatic heterocycles. The maximum atomic E-state index is 12.4. The molecule has 0 fully saturated rings. The topological polar surface area (TPSA) is 102 Å². The van der Waals surface area contributed by atoms with Crippen molar-refractivity contribution in [3.63, 3.8) is 0 Å². The van der Waals surface area contributed by atoms with Crippen LogP contribution in [0.25, 0.3) is 0 Å². The number of hydrogen-bond acceptors (Lipinski definition) is 4. The third-order valence-electron chi connectivity index (χ3n) is 4.35. The Morgan fingerprint density at radius 1 is 1.21 bits per heavy atom. The number of amides is 1. The molecule has 0 aliphatic heterocycles. The summed E-state index contributed by atoms with van der Waals surface area (Å²) in [5, 5.41) is 21.1. The van der Waals surface area contributed by atoms with E-state index in [1.54, 1.807) is 0 Å². The number of aryl methyl sites for hydroxylation is 2. The van der Waals surface area contributed by atoms with Crippen LogP contribution in [0.4, 0.5) is 5.69 Å². The lowest BCUT2D eigenvalue weighted by molar-refractivity contribution is -0.116. The van der Waals surface area contributed by atoms with Crippen LogP contribution in [0.5, 0.6) is 0 Å². The van der Waals surface area contributed by atoms with Gasteiger partial charge >= 0.3 is 5.97 Å². The van der Waals surface area contributed by atoms with Crippen molar-refractivity contribution in [2.24, 2.45) is 0 Å². The van der Waals surface area contributed by atoms with Gasteiger partial charge in [-0.1, -0.05) is 23.7 Å². The van der Waals surface area contributed by atoms with Gasteiger partial charge < -0.3 is 10.4 Å². The van der Waals surface area contributed by atoms with Crippen molar-refractivity contribution in [3.05, 3.63) is 64.2 Å². The molecule has 8 nitrogen and oxygen atoms in total. The number of anilines is 1. The van der Waals surface area contributed by atoms with E-state index in [0.717, 1.165) is 11.3 Å². The first-order chi connectivity index (χ1) is 13.3. The summed E-state index contributed by atoms with van der Waals surface area (Å²) < 4.78 is 3.11. The second kappa shape index (κ2) is 8.26. The molecule has 0 atom stereocenters. The minimum Gasteiger partial charge on any atom is -0.477 e. The molecular weight excluding hydrogens is 382 g/mol. The fourth-order valence-corrected chi connectivity index (χ4v) is 3.15. The van der Waals surface area contributed by atoms with Crippen LogP contribution in [0.1, 0.15) is 33.9 Å². The first kappa shape index (κ1) is 19.6. The number of rotatable bonds is 7. The molecule has 3 aromatic rings. The SMILES string of the molecule is Cc1nn(Cc2cccc(Cl)c2)c(C)c1NC(=O)CCn1nccc1C(=O)O. The molecule has 0 radical (unpaired) electrons. The van der Waals surface area contributed by atoms with Crippen LogP contribution < -0.4 is 5.32 Å². The quantitative estimate of drug-likeness (QED) is 0.633. The lowest BCUT2D eigenvalue weighted by atomic mass is 10.2. The number of carboxylic acids is 1. The molecule has 2 N–H and O–H groups in total. The highest BCUT2D eigenvalue weighted by molar-refractivity contribution is 6.30. The van der Waals surface area contributed by atoms with E-state index in [1.807, 2.05) is 42.8 Å².